The van der Waals surface area contributed by atoms with E-state index in [0.29, 0.717) is 21.2 Å². The number of nitrogens with zero attached hydrogens (tertiary/aromatic N) is 2. The zero-order valence-corrected chi connectivity index (χ0v) is 16.9. The predicted molar refractivity (Wildman–Crippen MR) is 112 cm³/mol. The Morgan fingerprint density at radius 3 is 2.79 bits per heavy atom. The number of ether oxygens (including phenoxy) is 1. The number of aromatic nitrogens is 1. The van der Waals surface area contributed by atoms with Gasteiger partial charge < -0.3 is 10.1 Å². The van der Waals surface area contributed by atoms with Gasteiger partial charge in [-0.1, -0.05) is 11.6 Å². The molecule has 1 aliphatic heterocycles. The SMILES string of the molecule is COc1ccc(-c2cc3c(s2)C(=O)[NH+](CC(=O)Nc2cccnc2Cl)C=N3)cc1. The summed E-state index contributed by atoms with van der Waals surface area (Å²) in [4.78, 5) is 35.3. The van der Waals surface area contributed by atoms with Gasteiger partial charge in [0.25, 0.3) is 5.91 Å². The van der Waals surface area contributed by atoms with E-state index in [-0.39, 0.29) is 23.5 Å². The molecule has 1 aromatic carbocycles. The van der Waals surface area contributed by atoms with Crippen molar-refractivity contribution in [1.82, 2.24) is 4.98 Å². The smallest absolute Gasteiger partial charge is 0.362 e. The molecule has 29 heavy (non-hydrogen) atoms. The van der Waals surface area contributed by atoms with E-state index < -0.39 is 0 Å². The largest absolute Gasteiger partial charge is 0.497 e. The average Bonchev–Trinajstić information content (AvgIpc) is 3.17. The topological polar surface area (TPSA) is 85.1 Å². The lowest BCUT2D eigenvalue weighted by Gasteiger charge is -2.14. The molecular formula is C20H16ClN4O3S+. The molecule has 0 radical (unpaired) electrons. The molecule has 2 N–H and O–H groups in total. The van der Waals surface area contributed by atoms with E-state index in [1.165, 1.54) is 23.9 Å². The van der Waals surface area contributed by atoms with Gasteiger partial charge in [-0.2, -0.15) is 0 Å². The number of benzene rings is 1. The molecule has 0 bridgehead atoms. The number of halogens is 1. The molecule has 146 valence electrons. The summed E-state index contributed by atoms with van der Waals surface area (Å²) < 4.78 is 5.18. The predicted octanol–water partition coefficient (Wildman–Crippen LogP) is 2.81. The summed E-state index contributed by atoms with van der Waals surface area (Å²) in [6.07, 6.45) is 2.99. The van der Waals surface area contributed by atoms with E-state index in [9.17, 15) is 9.59 Å². The maximum absolute atomic E-state index is 12.9. The van der Waals surface area contributed by atoms with Gasteiger partial charge in [0.05, 0.1) is 18.5 Å². The van der Waals surface area contributed by atoms with E-state index in [1.54, 1.807) is 19.2 Å². The Hall–Kier alpha value is -3.07. The minimum absolute atomic E-state index is 0.0945. The van der Waals surface area contributed by atoms with Crippen LogP contribution in [0.2, 0.25) is 5.15 Å². The summed E-state index contributed by atoms with van der Waals surface area (Å²) in [5, 5.41) is 2.86. The first-order valence-electron chi connectivity index (χ1n) is 8.68. The number of hydrogen-bond acceptors (Lipinski definition) is 6. The molecular weight excluding hydrogens is 412 g/mol. The maximum atomic E-state index is 12.9. The normalized spacial score (nSPS) is 15.1. The lowest BCUT2D eigenvalue weighted by Crippen LogP contribution is -3.15. The Morgan fingerprint density at radius 1 is 1.28 bits per heavy atom. The van der Waals surface area contributed by atoms with Crippen LogP contribution in [-0.4, -0.2) is 36.8 Å². The number of methoxy groups -OCH3 is 1. The number of amides is 2. The number of rotatable bonds is 5. The molecule has 2 aromatic heterocycles. The van der Waals surface area contributed by atoms with Crippen LogP contribution in [0.3, 0.4) is 0 Å². The van der Waals surface area contributed by atoms with Crippen molar-refractivity contribution in [2.24, 2.45) is 4.99 Å². The van der Waals surface area contributed by atoms with Gasteiger partial charge >= 0.3 is 5.91 Å². The Bertz CT molecular complexity index is 1110. The van der Waals surface area contributed by atoms with Crippen molar-refractivity contribution in [1.29, 1.82) is 0 Å². The Balaban J connectivity index is 1.49. The number of anilines is 1. The minimum atomic E-state index is -0.356. The highest BCUT2D eigenvalue weighted by molar-refractivity contribution is 7.18. The lowest BCUT2D eigenvalue weighted by atomic mass is 10.1. The number of pyridine rings is 1. The molecule has 3 heterocycles. The molecule has 0 saturated carbocycles. The molecule has 3 aromatic rings. The van der Waals surface area contributed by atoms with Crippen LogP contribution in [0, 0.1) is 0 Å². The number of carbonyl (C=O) groups excluding carboxylic acids is 2. The molecule has 2 amide bonds. The fraction of sp³-hybridized carbons (Fsp3) is 0.100. The van der Waals surface area contributed by atoms with E-state index in [4.69, 9.17) is 16.3 Å². The second kappa shape index (κ2) is 8.12. The van der Waals surface area contributed by atoms with Crippen LogP contribution in [0.5, 0.6) is 5.75 Å². The summed E-state index contributed by atoms with van der Waals surface area (Å²) in [6.45, 7) is -0.0945. The third-order valence-electron chi connectivity index (χ3n) is 4.33. The van der Waals surface area contributed by atoms with Crippen molar-refractivity contribution in [2.75, 3.05) is 19.0 Å². The van der Waals surface area contributed by atoms with Crippen LogP contribution >= 0.6 is 22.9 Å². The van der Waals surface area contributed by atoms with Crippen molar-refractivity contribution in [2.45, 2.75) is 0 Å². The summed E-state index contributed by atoms with van der Waals surface area (Å²) in [5.74, 6) is 0.219. The number of carbonyl (C=O) groups is 2. The third-order valence-corrected chi connectivity index (χ3v) is 5.80. The summed E-state index contributed by atoms with van der Waals surface area (Å²) in [7, 11) is 1.61. The van der Waals surface area contributed by atoms with Crippen LogP contribution in [0.15, 0.2) is 53.7 Å². The van der Waals surface area contributed by atoms with Crippen LogP contribution in [0.1, 0.15) is 9.67 Å². The van der Waals surface area contributed by atoms with E-state index in [2.05, 4.69) is 15.3 Å². The van der Waals surface area contributed by atoms with Crippen molar-refractivity contribution in [3.05, 3.63) is 58.7 Å². The Labute approximate surface area is 175 Å². The van der Waals surface area contributed by atoms with Crippen LogP contribution in [0.4, 0.5) is 11.4 Å². The molecule has 0 fully saturated rings. The minimum Gasteiger partial charge on any atom is -0.497 e. The second-order valence-corrected chi connectivity index (χ2v) is 7.64. The zero-order valence-electron chi connectivity index (χ0n) is 15.3. The van der Waals surface area contributed by atoms with E-state index >= 15 is 0 Å². The third kappa shape index (κ3) is 4.04. The van der Waals surface area contributed by atoms with E-state index in [1.807, 2.05) is 30.3 Å². The van der Waals surface area contributed by atoms with Crippen molar-refractivity contribution in [3.63, 3.8) is 0 Å². The molecule has 0 aliphatic carbocycles. The van der Waals surface area contributed by atoms with E-state index in [0.717, 1.165) is 16.2 Å². The fourth-order valence-electron chi connectivity index (χ4n) is 2.86. The van der Waals surface area contributed by atoms with Crippen molar-refractivity contribution in [3.8, 4) is 16.2 Å². The van der Waals surface area contributed by atoms with Gasteiger partial charge in [0.1, 0.15) is 5.75 Å². The van der Waals surface area contributed by atoms with Gasteiger partial charge in [-0.05, 0) is 48.0 Å². The van der Waals surface area contributed by atoms with Crippen molar-refractivity contribution >= 4 is 52.5 Å². The highest BCUT2D eigenvalue weighted by atomic mass is 35.5. The van der Waals surface area contributed by atoms with Gasteiger partial charge in [0, 0.05) is 11.1 Å². The monoisotopic (exact) mass is 427 g/mol. The number of fused-ring (bicyclic) bond motifs is 1. The zero-order chi connectivity index (χ0) is 20.4. The molecule has 0 saturated heterocycles. The van der Waals surface area contributed by atoms with Crippen LogP contribution < -0.4 is 15.0 Å². The van der Waals surface area contributed by atoms with Gasteiger partial charge in [0.15, 0.2) is 22.9 Å². The standard InChI is InChI=1S/C20H15ClN4O3S/c1-28-13-6-4-12(5-7-13)16-9-15-18(29-16)20(27)25(11-23-15)10-17(26)24-14-3-2-8-22-19(14)21/h2-9,11H,10H2,1H3,(H,24,26)/p+1. The van der Waals surface area contributed by atoms with Gasteiger partial charge in [0.2, 0.25) is 0 Å². The summed E-state index contributed by atoms with van der Waals surface area (Å²) >= 11 is 7.31. The molecule has 1 unspecified atom stereocenters. The molecule has 0 spiro atoms. The fourth-order valence-corrected chi connectivity index (χ4v) is 4.11. The number of nitrogens with one attached hydrogen (secondary N) is 2. The highest BCUT2D eigenvalue weighted by Gasteiger charge is 2.31. The maximum Gasteiger partial charge on any atom is 0.362 e. The highest BCUT2D eigenvalue weighted by Crippen LogP contribution is 2.37. The van der Waals surface area contributed by atoms with Gasteiger partial charge in [-0.3, -0.25) is 4.79 Å². The van der Waals surface area contributed by atoms with Gasteiger partial charge in [-0.25, -0.2) is 19.7 Å². The first-order valence-corrected chi connectivity index (χ1v) is 9.88. The first-order chi connectivity index (χ1) is 14.0. The Kier molecular flexibility index (Phi) is 5.39. The van der Waals surface area contributed by atoms with Crippen molar-refractivity contribution < 1.29 is 19.2 Å². The van der Waals surface area contributed by atoms with Gasteiger partial charge in [-0.15, -0.1) is 11.3 Å². The molecule has 1 atom stereocenters. The number of aliphatic imine (C=N–C) groups is 1. The molecule has 7 nitrogen and oxygen atoms in total. The molecule has 4 rings (SSSR count). The summed E-state index contributed by atoms with van der Waals surface area (Å²) in [6, 6.07) is 12.8. The second-order valence-electron chi connectivity index (χ2n) is 6.23. The number of hydrogen-bond donors (Lipinski definition) is 2. The molecule has 1 aliphatic rings. The summed E-state index contributed by atoms with van der Waals surface area (Å²) in [5.41, 5.74) is 1.99. The molecule has 9 heteroatoms. The lowest BCUT2D eigenvalue weighted by molar-refractivity contribution is -0.694. The number of quaternary nitrogens is 1. The van der Waals surface area contributed by atoms with Crippen LogP contribution in [0.25, 0.3) is 10.4 Å². The number of thiophene rings is 1. The quantitative estimate of drug-likeness (QED) is 0.613. The Morgan fingerprint density at radius 2 is 2.07 bits per heavy atom. The average molecular weight is 428 g/mol. The van der Waals surface area contributed by atoms with Crippen LogP contribution in [-0.2, 0) is 4.79 Å². The first kappa shape index (κ1) is 19.3.